The van der Waals surface area contributed by atoms with E-state index >= 15 is 0 Å². The average Bonchev–Trinajstić information content (AvgIpc) is 2.04. The molecular formula is C8H7F2NO2. The molecule has 2 N–H and O–H groups in total. The number of rotatable bonds is 2. The van der Waals surface area contributed by atoms with Crippen molar-refractivity contribution in [1.82, 2.24) is 0 Å². The van der Waals surface area contributed by atoms with Crippen molar-refractivity contribution in [3.8, 4) is 5.75 Å². The highest BCUT2D eigenvalue weighted by atomic mass is 19.1. The highest BCUT2D eigenvalue weighted by molar-refractivity contribution is 5.93. The van der Waals surface area contributed by atoms with Gasteiger partial charge in [-0.3, -0.25) is 4.79 Å². The van der Waals surface area contributed by atoms with Gasteiger partial charge in [0.15, 0.2) is 11.6 Å². The molecule has 0 heterocycles. The molecule has 0 aliphatic heterocycles. The highest BCUT2D eigenvalue weighted by Gasteiger charge is 2.18. The molecule has 70 valence electrons. The molecule has 1 aromatic carbocycles. The SMILES string of the molecule is COc1ccc(F)c(C(N)=O)c1F. The molecule has 13 heavy (non-hydrogen) atoms. The second-order valence-electron chi connectivity index (χ2n) is 2.30. The van der Waals surface area contributed by atoms with Crippen LogP contribution in [0.2, 0.25) is 0 Å². The van der Waals surface area contributed by atoms with Crippen LogP contribution in [0.1, 0.15) is 10.4 Å². The summed E-state index contributed by atoms with van der Waals surface area (Å²) in [6.45, 7) is 0. The minimum absolute atomic E-state index is 0.213. The summed E-state index contributed by atoms with van der Waals surface area (Å²) in [4.78, 5) is 10.6. The Morgan fingerprint density at radius 1 is 1.46 bits per heavy atom. The molecule has 0 fully saturated rings. The molecule has 0 saturated heterocycles. The van der Waals surface area contributed by atoms with Crippen LogP contribution in [0.3, 0.4) is 0 Å². The summed E-state index contributed by atoms with van der Waals surface area (Å²) >= 11 is 0. The van der Waals surface area contributed by atoms with Crippen molar-refractivity contribution in [2.45, 2.75) is 0 Å². The molecule has 0 unspecified atom stereocenters. The molecule has 1 amide bonds. The summed E-state index contributed by atoms with van der Waals surface area (Å²) in [5.74, 6) is -3.44. The van der Waals surface area contributed by atoms with Crippen LogP contribution in [0.25, 0.3) is 0 Å². The van der Waals surface area contributed by atoms with Crippen LogP contribution in [-0.2, 0) is 0 Å². The lowest BCUT2D eigenvalue weighted by atomic mass is 10.2. The zero-order chi connectivity index (χ0) is 10.0. The van der Waals surface area contributed by atoms with E-state index in [4.69, 9.17) is 5.73 Å². The Balaban J connectivity index is 3.38. The number of hydrogen-bond donors (Lipinski definition) is 1. The van der Waals surface area contributed by atoms with E-state index in [-0.39, 0.29) is 5.75 Å². The number of primary amides is 1. The van der Waals surface area contributed by atoms with Crippen molar-refractivity contribution in [3.05, 3.63) is 29.3 Å². The fourth-order valence-electron chi connectivity index (χ4n) is 0.917. The van der Waals surface area contributed by atoms with E-state index in [0.29, 0.717) is 0 Å². The average molecular weight is 187 g/mol. The van der Waals surface area contributed by atoms with E-state index in [1.54, 1.807) is 0 Å². The first-order valence-electron chi connectivity index (χ1n) is 3.39. The summed E-state index contributed by atoms with van der Waals surface area (Å²) in [6, 6.07) is 2.00. The molecule has 5 heteroatoms. The zero-order valence-corrected chi connectivity index (χ0v) is 6.80. The Bertz CT molecular complexity index is 352. The van der Waals surface area contributed by atoms with E-state index < -0.39 is 23.1 Å². The summed E-state index contributed by atoms with van der Waals surface area (Å²) < 4.78 is 30.5. The van der Waals surface area contributed by atoms with Crippen LogP contribution in [0.5, 0.6) is 5.75 Å². The molecule has 0 radical (unpaired) electrons. The summed E-state index contributed by atoms with van der Waals surface area (Å²) in [5.41, 5.74) is 3.99. The van der Waals surface area contributed by atoms with Gasteiger partial charge in [-0.1, -0.05) is 0 Å². The van der Waals surface area contributed by atoms with Crippen LogP contribution in [0, 0.1) is 11.6 Å². The third-order valence-electron chi connectivity index (χ3n) is 1.52. The lowest BCUT2D eigenvalue weighted by Crippen LogP contribution is -2.16. The first kappa shape index (κ1) is 9.44. The smallest absolute Gasteiger partial charge is 0.254 e. The van der Waals surface area contributed by atoms with Crippen molar-refractivity contribution in [2.75, 3.05) is 7.11 Å². The topological polar surface area (TPSA) is 52.3 Å². The number of benzene rings is 1. The number of nitrogens with two attached hydrogens (primary N) is 1. The molecule has 0 spiro atoms. The molecule has 0 aliphatic carbocycles. The molecule has 0 aliphatic rings. The Kier molecular flexibility index (Phi) is 2.46. The minimum atomic E-state index is -1.16. The number of methoxy groups -OCH3 is 1. The zero-order valence-electron chi connectivity index (χ0n) is 6.80. The molecule has 3 nitrogen and oxygen atoms in total. The van der Waals surface area contributed by atoms with Gasteiger partial charge in [0.05, 0.1) is 7.11 Å². The Labute approximate surface area is 73.1 Å². The van der Waals surface area contributed by atoms with Crippen LogP contribution >= 0.6 is 0 Å². The number of hydrogen-bond acceptors (Lipinski definition) is 2. The van der Waals surface area contributed by atoms with Crippen molar-refractivity contribution < 1.29 is 18.3 Å². The van der Waals surface area contributed by atoms with Gasteiger partial charge in [0.25, 0.3) is 5.91 Å². The molecule has 0 atom stereocenters. The number of halogens is 2. The normalized spacial score (nSPS) is 9.77. The second-order valence-corrected chi connectivity index (χ2v) is 2.30. The third kappa shape index (κ3) is 1.58. The summed E-state index contributed by atoms with van der Waals surface area (Å²) in [5, 5.41) is 0. The van der Waals surface area contributed by atoms with Gasteiger partial charge in [0.2, 0.25) is 0 Å². The maximum absolute atomic E-state index is 13.1. The van der Waals surface area contributed by atoms with Gasteiger partial charge < -0.3 is 10.5 Å². The van der Waals surface area contributed by atoms with Gasteiger partial charge in [-0.05, 0) is 12.1 Å². The molecule has 1 rings (SSSR count). The summed E-state index contributed by atoms with van der Waals surface area (Å²) in [7, 11) is 1.21. The Hall–Kier alpha value is -1.65. The van der Waals surface area contributed by atoms with Gasteiger partial charge >= 0.3 is 0 Å². The first-order chi connectivity index (χ1) is 6.07. The number of amides is 1. The monoisotopic (exact) mass is 187 g/mol. The van der Waals surface area contributed by atoms with Crippen molar-refractivity contribution >= 4 is 5.91 Å². The van der Waals surface area contributed by atoms with Crippen LogP contribution in [0.4, 0.5) is 8.78 Å². The number of carbonyl (C=O) groups is 1. The molecule has 0 bridgehead atoms. The van der Waals surface area contributed by atoms with Gasteiger partial charge in [0.1, 0.15) is 11.4 Å². The van der Waals surface area contributed by atoms with Crippen molar-refractivity contribution in [1.29, 1.82) is 0 Å². The predicted molar refractivity (Wildman–Crippen MR) is 41.4 cm³/mol. The van der Waals surface area contributed by atoms with Crippen LogP contribution < -0.4 is 10.5 Å². The Morgan fingerprint density at radius 3 is 2.54 bits per heavy atom. The van der Waals surface area contributed by atoms with Crippen LogP contribution in [0.15, 0.2) is 12.1 Å². The fourth-order valence-corrected chi connectivity index (χ4v) is 0.917. The van der Waals surface area contributed by atoms with Crippen LogP contribution in [-0.4, -0.2) is 13.0 Å². The molecule has 1 aromatic rings. The lowest BCUT2D eigenvalue weighted by molar-refractivity contribution is 0.0991. The summed E-state index contributed by atoms with van der Waals surface area (Å²) in [6.07, 6.45) is 0. The van der Waals surface area contributed by atoms with Gasteiger partial charge in [0, 0.05) is 0 Å². The third-order valence-corrected chi connectivity index (χ3v) is 1.52. The predicted octanol–water partition coefficient (Wildman–Crippen LogP) is 1.07. The van der Waals surface area contributed by atoms with Crippen molar-refractivity contribution in [2.24, 2.45) is 5.73 Å². The molecule has 0 saturated carbocycles. The minimum Gasteiger partial charge on any atom is -0.494 e. The quantitative estimate of drug-likeness (QED) is 0.752. The first-order valence-corrected chi connectivity index (χ1v) is 3.39. The highest BCUT2D eigenvalue weighted by Crippen LogP contribution is 2.22. The van der Waals surface area contributed by atoms with E-state index in [1.807, 2.05) is 0 Å². The molecule has 0 aromatic heterocycles. The standard InChI is InChI=1S/C8H7F2NO2/c1-13-5-3-2-4(9)6(7(5)10)8(11)12/h2-3H,1H3,(H2,11,12). The van der Waals surface area contributed by atoms with Crippen molar-refractivity contribution in [3.63, 3.8) is 0 Å². The van der Waals surface area contributed by atoms with Gasteiger partial charge in [-0.25, -0.2) is 8.78 Å². The molecular weight excluding hydrogens is 180 g/mol. The maximum Gasteiger partial charge on any atom is 0.254 e. The fraction of sp³-hybridized carbons (Fsp3) is 0.125. The van der Waals surface area contributed by atoms with E-state index in [1.165, 1.54) is 7.11 Å². The van der Waals surface area contributed by atoms with Gasteiger partial charge in [-0.2, -0.15) is 0 Å². The number of ether oxygens (including phenoxy) is 1. The van der Waals surface area contributed by atoms with E-state index in [9.17, 15) is 13.6 Å². The Morgan fingerprint density at radius 2 is 2.08 bits per heavy atom. The second kappa shape index (κ2) is 3.38. The van der Waals surface area contributed by atoms with Gasteiger partial charge in [-0.15, -0.1) is 0 Å². The van der Waals surface area contributed by atoms with E-state index in [2.05, 4.69) is 4.74 Å². The maximum atomic E-state index is 13.1. The largest absolute Gasteiger partial charge is 0.494 e. The lowest BCUT2D eigenvalue weighted by Gasteiger charge is -2.05. The number of carbonyl (C=O) groups excluding carboxylic acids is 1. The van der Waals surface area contributed by atoms with E-state index in [0.717, 1.165) is 12.1 Å².